The fourth-order valence-electron chi connectivity index (χ4n) is 1.62. The molecular formula is C9H13FN2S. The van der Waals surface area contributed by atoms with E-state index in [-0.39, 0.29) is 0 Å². The fourth-order valence-corrected chi connectivity index (χ4v) is 2.52. The van der Waals surface area contributed by atoms with E-state index < -0.39 is 5.67 Å². The van der Waals surface area contributed by atoms with Gasteiger partial charge in [0.2, 0.25) is 0 Å². The van der Waals surface area contributed by atoms with E-state index in [4.69, 9.17) is 0 Å². The van der Waals surface area contributed by atoms with E-state index in [1.54, 1.807) is 11.3 Å². The number of rotatable bonds is 2. The number of alkyl halides is 1. The molecule has 1 N–H and O–H groups in total. The van der Waals surface area contributed by atoms with Crippen LogP contribution in [0.1, 0.15) is 17.1 Å². The lowest BCUT2D eigenvalue weighted by atomic mass is 10.0. The minimum Gasteiger partial charge on any atom is -0.313 e. The summed E-state index contributed by atoms with van der Waals surface area (Å²) in [7, 11) is 0. The topological polar surface area (TPSA) is 24.9 Å². The molecular weight excluding hydrogens is 187 g/mol. The number of nitrogens with one attached hydrogen (secondary N) is 1. The van der Waals surface area contributed by atoms with Gasteiger partial charge in [-0.1, -0.05) is 0 Å². The Morgan fingerprint density at radius 2 is 2.62 bits per heavy atom. The largest absolute Gasteiger partial charge is 0.313 e. The van der Waals surface area contributed by atoms with Crippen molar-refractivity contribution in [1.82, 2.24) is 10.3 Å². The van der Waals surface area contributed by atoms with E-state index >= 15 is 0 Å². The van der Waals surface area contributed by atoms with Gasteiger partial charge >= 0.3 is 0 Å². The summed E-state index contributed by atoms with van der Waals surface area (Å²) in [5.41, 5.74) is -0.0563. The summed E-state index contributed by atoms with van der Waals surface area (Å²) in [5, 5.41) is 5.94. The molecule has 1 aliphatic rings. The first kappa shape index (κ1) is 9.09. The summed E-state index contributed by atoms with van der Waals surface area (Å²) in [4.78, 5) is 4.27. The number of nitrogens with zero attached hydrogens (tertiary/aromatic N) is 1. The molecule has 0 saturated carbocycles. The van der Waals surface area contributed by atoms with Gasteiger partial charge in [-0.15, -0.1) is 11.3 Å². The Labute approximate surface area is 81.2 Å². The normalized spacial score (nSPS) is 28.2. The summed E-state index contributed by atoms with van der Waals surface area (Å²) in [6.45, 7) is 3.21. The molecule has 2 nitrogen and oxygen atoms in total. The van der Waals surface area contributed by atoms with Gasteiger partial charge in [0, 0.05) is 24.0 Å². The average molecular weight is 200 g/mol. The molecule has 1 aromatic heterocycles. The molecule has 1 aliphatic heterocycles. The maximum atomic E-state index is 13.9. The van der Waals surface area contributed by atoms with Crippen LogP contribution in [0.15, 0.2) is 5.38 Å². The van der Waals surface area contributed by atoms with E-state index in [9.17, 15) is 4.39 Å². The zero-order valence-electron chi connectivity index (χ0n) is 7.64. The minimum atomic E-state index is -1.05. The van der Waals surface area contributed by atoms with Crippen molar-refractivity contribution in [2.75, 3.05) is 13.1 Å². The molecule has 13 heavy (non-hydrogen) atoms. The maximum Gasteiger partial charge on any atom is 0.130 e. The highest BCUT2D eigenvalue weighted by Crippen LogP contribution is 2.26. The lowest BCUT2D eigenvalue weighted by Crippen LogP contribution is -2.28. The van der Waals surface area contributed by atoms with E-state index in [2.05, 4.69) is 10.3 Å². The summed E-state index contributed by atoms with van der Waals surface area (Å²) in [6.07, 6.45) is 1.09. The van der Waals surface area contributed by atoms with Gasteiger partial charge in [0.25, 0.3) is 0 Å². The highest BCUT2D eigenvalue weighted by molar-refractivity contribution is 7.09. The predicted molar refractivity (Wildman–Crippen MR) is 51.9 cm³/mol. The molecule has 0 amide bonds. The second kappa shape index (κ2) is 3.35. The van der Waals surface area contributed by atoms with Gasteiger partial charge in [0.05, 0.1) is 5.01 Å². The van der Waals surface area contributed by atoms with Crippen LogP contribution in [-0.4, -0.2) is 23.7 Å². The van der Waals surface area contributed by atoms with Crippen LogP contribution in [0, 0.1) is 6.92 Å². The molecule has 0 aliphatic carbocycles. The second-order valence-corrected chi connectivity index (χ2v) is 4.58. The molecule has 0 aromatic carbocycles. The molecule has 72 valence electrons. The zero-order chi connectivity index (χ0) is 9.31. The molecule has 1 aromatic rings. The van der Waals surface area contributed by atoms with Crippen LogP contribution in [0.4, 0.5) is 4.39 Å². The fraction of sp³-hybridized carbons (Fsp3) is 0.667. The van der Waals surface area contributed by atoms with Crippen molar-refractivity contribution in [2.24, 2.45) is 0 Å². The van der Waals surface area contributed by atoms with Crippen molar-refractivity contribution < 1.29 is 4.39 Å². The van der Waals surface area contributed by atoms with Gasteiger partial charge in [0.1, 0.15) is 5.67 Å². The van der Waals surface area contributed by atoms with E-state index in [1.165, 1.54) is 0 Å². The Balaban J connectivity index is 2.04. The lowest BCUT2D eigenvalue weighted by Gasteiger charge is -2.15. The Bertz CT molecular complexity index is 292. The van der Waals surface area contributed by atoms with Crippen LogP contribution < -0.4 is 5.32 Å². The van der Waals surface area contributed by atoms with E-state index in [1.807, 2.05) is 12.3 Å². The van der Waals surface area contributed by atoms with Gasteiger partial charge in [-0.05, 0) is 19.9 Å². The van der Waals surface area contributed by atoms with Crippen LogP contribution in [0.2, 0.25) is 0 Å². The Morgan fingerprint density at radius 3 is 3.15 bits per heavy atom. The average Bonchev–Trinajstić information content (AvgIpc) is 2.62. The van der Waals surface area contributed by atoms with E-state index in [0.29, 0.717) is 19.4 Å². The van der Waals surface area contributed by atoms with Gasteiger partial charge in [-0.3, -0.25) is 0 Å². The van der Waals surface area contributed by atoms with Crippen LogP contribution in [0.3, 0.4) is 0 Å². The molecule has 2 heterocycles. The number of halogens is 1. The number of aromatic nitrogens is 1. The highest BCUT2D eigenvalue weighted by Gasteiger charge is 2.34. The zero-order valence-corrected chi connectivity index (χ0v) is 8.46. The minimum absolute atomic E-state index is 0.471. The number of hydrogen-bond donors (Lipinski definition) is 1. The SMILES string of the molecule is Cc1csc(CC2(F)CCNC2)n1. The standard InChI is InChI=1S/C9H13FN2S/c1-7-5-13-8(12-7)4-9(10)2-3-11-6-9/h5,11H,2-4,6H2,1H3. The van der Waals surface area contributed by atoms with Gasteiger partial charge < -0.3 is 5.32 Å². The van der Waals surface area contributed by atoms with Crippen LogP contribution in [0.5, 0.6) is 0 Å². The molecule has 2 rings (SSSR count). The quantitative estimate of drug-likeness (QED) is 0.786. The molecule has 1 fully saturated rings. The first-order valence-electron chi connectivity index (χ1n) is 4.49. The monoisotopic (exact) mass is 200 g/mol. The number of thiazole rings is 1. The molecule has 1 unspecified atom stereocenters. The van der Waals surface area contributed by atoms with Crippen molar-refractivity contribution in [1.29, 1.82) is 0 Å². The summed E-state index contributed by atoms with van der Waals surface area (Å²) >= 11 is 1.56. The second-order valence-electron chi connectivity index (χ2n) is 3.64. The molecule has 0 bridgehead atoms. The van der Waals surface area contributed by atoms with Crippen molar-refractivity contribution in [3.05, 3.63) is 16.1 Å². The van der Waals surface area contributed by atoms with Gasteiger partial charge in [0.15, 0.2) is 0 Å². The molecule has 1 saturated heterocycles. The highest BCUT2D eigenvalue weighted by atomic mass is 32.1. The third kappa shape index (κ3) is 2.06. The van der Waals surface area contributed by atoms with Crippen molar-refractivity contribution in [2.45, 2.75) is 25.4 Å². The lowest BCUT2D eigenvalue weighted by molar-refractivity contribution is 0.190. The number of aryl methyl sites for hydroxylation is 1. The summed E-state index contributed by atoms with van der Waals surface area (Å²) in [5.74, 6) is 0. The van der Waals surface area contributed by atoms with Crippen molar-refractivity contribution in [3.8, 4) is 0 Å². The predicted octanol–water partition coefficient (Wildman–Crippen LogP) is 1.70. The van der Waals surface area contributed by atoms with Crippen molar-refractivity contribution >= 4 is 11.3 Å². The van der Waals surface area contributed by atoms with Crippen LogP contribution >= 0.6 is 11.3 Å². The maximum absolute atomic E-state index is 13.9. The third-order valence-electron chi connectivity index (χ3n) is 2.33. The molecule has 4 heteroatoms. The van der Waals surface area contributed by atoms with Crippen LogP contribution in [0.25, 0.3) is 0 Å². The molecule has 0 spiro atoms. The molecule has 0 radical (unpaired) electrons. The first-order chi connectivity index (χ1) is 6.18. The summed E-state index contributed by atoms with van der Waals surface area (Å²) < 4.78 is 13.9. The van der Waals surface area contributed by atoms with Crippen LogP contribution in [-0.2, 0) is 6.42 Å². The summed E-state index contributed by atoms with van der Waals surface area (Å²) in [6, 6.07) is 0. The molecule has 1 atom stereocenters. The van der Waals surface area contributed by atoms with Gasteiger partial charge in [-0.2, -0.15) is 0 Å². The Hall–Kier alpha value is -0.480. The number of hydrogen-bond acceptors (Lipinski definition) is 3. The Morgan fingerprint density at radius 1 is 1.77 bits per heavy atom. The third-order valence-corrected chi connectivity index (χ3v) is 3.29. The first-order valence-corrected chi connectivity index (χ1v) is 5.37. The smallest absolute Gasteiger partial charge is 0.130 e. The Kier molecular flexibility index (Phi) is 2.34. The van der Waals surface area contributed by atoms with E-state index in [0.717, 1.165) is 17.2 Å². The van der Waals surface area contributed by atoms with Crippen molar-refractivity contribution in [3.63, 3.8) is 0 Å². The van der Waals surface area contributed by atoms with Gasteiger partial charge in [-0.25, -0.2) is 9.37 Å².